The summed E-state index contributed by atoms with van der Waals surface area (Å²) in [7, 11) is 0. The molecule has 0 aliphatic heterocycles. The molecule has 0 saturated carbocycles. The number of hydrogen-bond acceptors (Lipinski definition) is 3. The van der Waals surface area contributed by atoms with Crippen LogP contribution in [0.5, 0.6) is 0 Å². The van der Waals surface area contributed by atoms with Crippen LogP contribution in [0.4, 0.5) is 13.2 Å². The average molecular weight is 332 g/mol. The second-order valence-electron chi connectivity index (χ2n) is 5.13. The number of nitriles is 1. The number of halogens is 3. The Labute approximate surface area is 138 Å². The molecular weight excluding hydrogens is 317 g/mol. The summed E-state index contributed by atoms with van der Waals surface area (Å²) >= 11 is 0. The van der Waals surface area contributed by atoms with Gasteiger partial charge in [-0.2, -0.15) is 18.4 Å². The van der Waals surface area contributed by atoms with Crippen LogP contribution >= 0.6 is 0 Å². The predicted octanol–water partition coefficient (Wildman–Crippen LogP) is 4.71. The van der Waals surface area contributed by atoms with Gasteiger partial charge in [0.2, 0.25) is 0 Å². The Morgan fingerprint density at radius 3 is 2.50 bits per heavy atom. The standard InChI is InChI=1S/C18H15F3N2O/c1-13(15-7-4-8-17(11-15)18(19,20)21)23-24-12-16-6-3-2-5-14(16)9-10-22/h2-8,11H,9,12H2,1H3. The third kappa shape index (κ3) is 4.59. The van der Waals surface area contributed by atoms with Crippen LogP contribution in [-0.4, -0.2) is 5.71 Å². The monoisotopic (exact) mass is 332 g/mol. The van der Waals surface area contributed by atoms with E-state index in [0.717, 1.165) is 23.3 Å². The van der Waals surface area contributed by atoms with E-state index in [9.17, 15) is 13.2 Å². The van der Waals surface area contributed by atoms with Crippen LogP contribution in [0.25, 0.3) is 0 Å². The van der Waals surface area contributed by atoms with E-state index in [1.54, 1.807) is 13.0 Å². The number of hydrogen-bond donors (Lipinski definition) is 0. The molecule has 0 amide bonds. The van der Waals surface area contributed by atoms with Gasteiger partial charge >= 0.3 is 6.18 Å². The van der Waals surface area contributed by atoms with E-state index >= 15 is 0 Å². The smallest absolute Gasteiger partial charge is 0.391 e. The van der Waals surface area contributed by atoms with Gasteiger partial charge in [-0.25, -0.2) is 0 Å². The Morgan fingerprint density at radius 1 is 1.12 bits per heavy atom. The summed E-state index contributed by atoms with van der Waals surface area (Å²) < 4.78 is 38.2. The van der Waals surface area contributed by atoms with Gasteiger partial charge in [0.15, 0.2) is 0 Å². The molecule has 0 aliphatic carbocycles. The highest BCUT2D eigenvalue weighted by Crippen LogP contribution is 2.29. The van der Waals surface area contributed by atoms with Crippen molar-refractivity contribution in [1.82, 2.24) is 0 Å². The third-order valence-corrected chi connectivity index (χ3v) is 3.42. The highest BCUT2D eigenvalue weighted by atomic mass is 19.4. The van der Waals surface area contributed by atoms with Gasteiger partial charge in [-0.05, 0) is 35.7 Å². The van der Waals surface area contributed by atoms with Crippen LogP contribution in [0.15, 0.2) is 53.7 Å². The summed E-state index contributed by atoms with van der Waals surface area (Å²) in [6, 6.07) is 14.3. The highest BCUT2D eigenvalue weighted by molar-refractivity contribution is 5.98. The lowest BCUT2D eigenvalue weighted by Crippen LogP contribution is -2.07. The number of benzene rings is 2. The lowest BCUT2D eigenvalue weighted by atomic mass is 10.1. The van der Waals surface area contributed by atoms with Crippen molar-refractivity contribution >= 4 is 5.71 Å². The molecule has 0 spiro atoms. The highest BCUT2D eigenvalue weighted by Gasteiger charge is 2.30. The lowest BCUT2D eigenvalue weighted by Gasteiger charge is -2.09. The maximum atomic E-state index is 12.7. The minimum atomic E-state index is -4.40. The molecule has 24 heavy (non-hydrogen) atoms. The van der Waals surface area contributed by atoms with Gasteiger partial charge in [0.05, 0.1) is 23.8 Å². The first-order chi connectivity index (χ1) is 11.4. The largest absolute Gasteiger partial charge is 0.416 e. The van der Waals surface area contributed by atoms with E-state index in [1.165, 1.54) is 6.07 Å². The molecule has 0 unspecified atom stereocenters. The summed E-state index contributed by atoms with van der Waals surface area (Å²) in [6.07, 6.45) is -4.14. The minimum Gasteiger partial charge on any atom is -0.391 e. The van der Waals surface area contributed by atoms with E-state index in [2.05, 4.69) is 11.2 Å². The summed E-state index contributed by atoms with van der Waals surface area (Å²) in [5.41, 5.74) is 1.62. The zero-order valence-electron chi connectivity index (χ0n) is 13.0. The normalized spacial score (nSPS) is 11.9. The molecule has 2 aromatic carbocycles. The molecule has 2 aromatic rings. The first-order valence-electron chi connectivity index (χ1n) is 7.19. The maximum absolute atomic E-state index is 12.7. The second-order valence-corrected chi connectivity index (χ2v) is 5.13. The van der Waals surface area contributed by atoms with Crippen molar-refractivity contribution in [2.45, 2.75) is 26.1 Å². The summed E-state index contributed by atoms with van der Waals surface area (Å²) in [5.74, 6) is 0. The zero-order chi connectivity index (χ0) is 17.6. The molecule has 0 aromatic heterocycles. The molecule has 0 fully saturated rings. The summed E-state index contributed by atoms with van der Waals surface area (Å²) in [5, 5.41) is 12.7. The van der Waals surface area contributed by atoms with Crippen LogP contribution in [0.1, 0.15) is 29.2 Å². The molecule has 0 atom stereocenters. The Hall–Kier alpha value is -2.81. The first-order valence-corrected chi connectivity index (χ1v) is 7.19. The Bertz CT molecular complexity index is 776. The minimum absolute atomic E-state index is 0.147. The van der Waals surface area contributed by atoms with E-state index in [1.807, 2.05) is 24.3 Å². The molecule has 0 N–H and O–H groups in total. The van der Waals surface area contributed by atoms with Gasteiger partial charge in [0.1, 0.15) is 6.61 Å². The van der Waals surface area contributed by atoms with Crippen molar-refractivity contribution in [3.05, 3.63) is 70.8 Å². The van der Waals surface area contributed by atoms with Crippen LogP contribution in [0.2, 0.25) is 0 Å². The van der Waals surface area contributed by atoms with Crippen molar-refractivity contribution < 1.29 is 18.0 Å². The van der Waals surface area contributed by atoms with Gasteiger partial charge in [-0.15, -0.1) is 0 Å². The number of alkyl halides is 3. The average Bonchev–Trinajstić information content (AvgIpc) is 2.56. The third-order valence-electron chi connectivity index (χ3n) is 3.42. The molecular formula is C18H15F3N2O. The van der Waals surface area contributed by atoms with E-state index < -0.39 is 11.7 Å². The molecule has 2 rings (SSSR count). The van der Waals surface area contributed by atoms with Gasteiger partial charge in [0, 0.05) is 0 Å². The summed E-state index contributed by atoms with van der Waals surface area (Å²) in [6.45, 7) is 1.73. The van der Waals surface area contributed by atoms with Crippen molar-refractivity contribution in [1.29, 1.82) is 5.26 Å². The first kappa shape index (κ1) is 17.5. The lowest BCUT2D eigenvalue weighted by molar-refractivity contribution is -0.137. The van der Waals surface area contributed by atoms with E-state index in [-0.39, 0.29) is 13.0 Å². The number of nitrogens with zero attached hydrogens (tertiary/aromatic N) is 2. The van der Waals surface area contributed by atoms with Crippen molar-refractivity contribution in [2.24, 2.45) is 5.16 Å². The summed E-state index contributed by atoms with van der Waals surface area (Å²) in [4.78, 5) is 5.25. The molecule has 0 saturated heterocycles. The molecule has 3 nitrogen and oxygen atoms in total. The zero-order valence-corrected chi connectivity index (χ0v) is 13.0. The topological polar surface area (TPSA) is 45.4 Å². The fourth-order valence-corrected chi connectivity index (χ4v) is 2.13. The molecule has 0 heterocycles. The molecule has 0 aliphatic rings. The molecule has 0 radical (unpaired) electrons. The van der Waals surface area contributed by atoms with Crippen LogP contribution in [0.3, 0.4) is 0 Å². The van der Waals surface area contributed by atoms with Crippen molar-refractivity contribution in [3.63, 3.8) is 0 Å². The Balaban J connectivity index is 2.09. The Morgan fingerprint density at radius 2 is 1.83 bits per heavy atom. The van der Waals surface area contributed by atoms with Crippen LogP contribution in [0, 0.1) is 11.3 Å². The van der Waals surface area contributed by atoms with Gasteiger partial charge < -0.3 is 4.84 Å². The fraction of sp³-hybridized carbons (Fsp3) is 0.222. The predicted molar refractivity (Wildman–Crippen MR) is 84.2 cm³/mol. The van der Waals surface area contributed by atoms with E-state index in [0.29, 0.717) is 11.3 Å². The number of oxime groups is 1. The maximum Gasteiger partial charge on any atom is 0.416 e. The van der Waals surface area contributed by atoms with Crippen molar-refractivity contribution in [3.8, 4) is 6.07 Å². The van der Waals surface area contributed by atoms with Crippen LogP contribution in [-0.2, 0) is 24.0 Å². The molecule has 124 valence electrons. The molecule has 6 heteroatoms. The van der Waals surface area contributed by atoms with Crippen molar-refractivity contribution in [2.75, 3.05) is 0 Å². The molecule has 0 bridgehead atoms. The number of rotatable bonds is 5. The van der Waals surface area contributed by atoms with Crippen LogP contribution < -0.4 is 0 Å². The Kier molecular flexibility index (Phi) is 5.59. The fourth-order valence-electron chi connectivity index (χ4n) is 2.13. The SMILES string of the molecule is CC(=NOCc1ccccc1CC#N)c1cccc(C(F)(F)F)c1. The second kappa shape index (κ2) is 7.64. The van der Waals surface area contributed by atoms with Gasteiger partial charge in [0.25, 0.3) is 0 Å². The van der Waals surface area contributed by atoms with Gasteiger partial charge in [-0.1, -0.05) is 41.6 Å². The van der Waals surface area contributed by atoms with Gasteiger partial charge in [-0.3, -0.25) is 0 Å². The van der Waals surface area contributed by atoms with E-state index in [4.69, 9.17) is 10.1 Å². The quantitative estimate of drug-likeness (QED) is 0.588.